The first-order valence-electron chi connectivity index (χ1n) is 3.72. The van der Waals surface area contributed by atoms with Crippen molar-refractivity contribution in [2.75, 3.05) is 0 Å². The third-order valence-electron chi connectivity index (χ3n) is 1.82. The molecule has 0 aromatic carbocycles. The lowest BCUT2D eigenvalue weighted by atomic mass is 10.3. The Morgan fingerprint density at radius 1 is 1.50 bits per heavy atom. The van der Waals surface area contributed by atoms with E-state index in [1.54, 1.807) is 10.6 Å². The normalized spacial score (nSPS) is 10.4. The highest BCUT2D eigenvalue weighted by atomic mass is 16.1. The van der Waals surface area contributed by atoms with Crippen LogP contribution >= 0.6 is 0 Å². The maximum atomic E-state index is 10.4. The molecule has 0 amide bonds. The largest absolute Gasteiger partial charge is 0.296 e. The molecule has 0 spiro atoms. The smallest absolute Gasteiger partial charge is 0.170 e. The minimum absolute atomic E-state index is 0.476. The lowest BCUT2D eigenvalue weighted by molar-refractivity contribution is 0.111. The van der Waals surface area contributed by atoms with Gasteiger partial charge in [-0.15, -0.1) is 0 Å². The van der Waals surface area contributed by atoms with E-state index < -0.39 is 0 Å². The second-order valence-corrected chi connectivity index (χ2v) is 2.69. The number of pyridine rings is 1. The second kappa shape index (κ2) is 2.44. The van der Waals surface area contributed by atoms with Gasteiger partial charge in [0.2, 0.25) is 0 Å². The Labute approximate surface area is 69.6 Å². The SMILES string of the molecule is Cc1cccc2cc(C=O)nn12. The Kier molecular flexibility index (Phi) is 1.43. The van der Waals surface area contributed by atoms with Crippen LogP contribution in [0, 0.1) is 6.92 Å². The summed E-state index contributed by atoms with van der Waals surface area (Å²) in [6.45, 7) is 1.95. The first kappa shape index (κ1) is 7.03. The lowest BCUT2D eigenvalue weighted by Crippen LogP contribution is -1.92. The highest BCUT2D eigenvalue weighted by Crippen LogP contribution is 2.07. The number of carbonyl (C=O) groups excluding carboxylic acids is 1. The summed E-state index contributed by atoms with van der Waals surface area (Å²) in [5.74, 6) is 0. The van der Waals surface area contributed by atoms with E-state index in [0.29, 0.717) is 5.69 Å². The van der Waals surface area contributed by atoms with E-state index in [2.05, 4.69) is 5.10 Å². The van der Waals surface area contributed by atoms with Gasteiger partial charge in [-0.05, 0) is 25.1 Å². The van der Waals surface area contributed by atoms with Gasteiger partial charge in [-0.2, -0.15) is 5.10 Å². The van der Waals surface area contributed by atoms with Gasteiger partial charge in [-0.25, -0.2) is 4.52 Å². The van der Waals surface area contributed by atoms with E-state index in [4.69, 9.17) is 0 Å². The van der Waals surface area contributed by atoms with Gasteiger partial charge in [0, 0.05) is 5.69 Å². The van der Waals surface area contributed by atoms with Crippen molar-refractivity contribution in [3.63, 3.8) is 0 Å². The van der Waals surface area contributed by atoms with E-state index in [-0.39, 0.29) is 0 Å². The van der Waals surface area contributed by atoms with Crippen LogP contribution in [0.3, 0.4) is 0 Å². The van der Waals surface area contributed by atoms with Crippen LogP contribution in [0.5, 0.6) is 0 Å². The summed E-state index contributed by atoms with van der Waals surface area (Å²) in [5, 5.41) is 4.08. The van der Waals surface area contributed by atoms with Crippen molar-refractivity contribution in [2.24, 2.45) is 0 Å². The third-order valence-corrected chi connectivity index (χ3v) is 1.82. The molecular formula is C9H8N2O. The first-order valence-corrected chi connectivity index (χ1v) is 3.72. The maximum Gasteiger partial charge on any atom is 0.170 e. The zero-order valence-electron chi connectivity index (χ0n) is 6.69. The molecule has 0 unspecified atom stereocenters. The fourth-order valence-corrected chi connectivity index (χ4v) is 1.23. The summed E-state index contributed by atoms with van der Waals surface area (Å²) in [5.41, 5.74) is 2.46. The van der Waals surface area contributed by atoms with Crippen molar-refractivity contribution in [3.8, 4) is 0 Å². The third kappa shape index (κ3) is 0.906. The van der Waals surface area contributed by atoms with Gasteiger partial charge in [0.25, 0.3) is 0 Å². The average molecular weight is 160 g/mol. The summed E-state index contributed by atoms with van der Waals surface area (Å²) in [7, 11) is 0. The topological polar surface area (TPSA) is 34.4 Å². The molecule has 2 heterocycles. The molecule has 3 heteroatoms. The van der Waals surface area contributed by atoms with E-state index in [1.807, 2.05) is 25.1 Å². The number of aryl methyl sites for hydroxylation is 1. The van der Waals surface area contributed by atoms with Crippen LogP contribution in [-0.2, 0) is 0 Å². The van der Waals surface area contributed by atoms with Gasteiger partial charge >= 0.3 is 0 Å². The second-order valence-electron chi connectivity index (χ2n) is 2.69. The predicted molar refractivity (Wildman–Crippen MR) is 45.3 cm³/mol. The molecule has 0 aliphatic carbocycles. The number of rotatable bonds is 1. The molecule has 0 saturated heterocycles. The number of hydrogen-bond acceptors (Lipinski definition) is 2. The van der Waals surface area contributed by atoms with Crippen LogP contribution in [-0.4, -0.2) is 15.9 Å². The van der Waals surface area contributed by atoms with Crippen LogP contribution in [0.25, 0.3) is 5.52 Å². The molecule has 60 valence electrons. The van der Waals surface area contributed by atoms with Gasteiger partial charge in [-0.1, -0.05) is 6.07 Å². The number of aldehydes is 1. The van der Waals surface area contributed by atoms with E-state index >= 15 is 0 Å². The molecule has 12 heavy (non-hydrogen) atoms. The van der Waals surface area contributed by atoms with E-state index in [1.165, 1.54) is 0 Å². The quantitative estimate of drug-likeness (QED) is 0.592. The van der Waals surface area contributed by atoms with E-state index in [0.717, 1.165) is 17.5 Å². The molecule has 0 atom stereocenters. The Balaban J connectivity index is 2.82. The fraction of sp³-hybridized carbons (Fsp3) is 0.111. The number of carbonyl (C=O) groups is 1. The summed E-state index contributed by atoms with van der Waals surface area (Å²) in [6.07, 6.45) is 0.756. The molecule has 0 radical (unpaired) electrons. The monoisotopic (exact) mass is 160 g/mol. The molecule has 0 saturated carbocycles. The Morgan fingerprint density at radius 3 is 3.00 bits per heavy atom. The van der Waals surface area contributed by atoms with Crippen molar-refractivity contribution in [2.45, 2.75) is 6.92 Å². The molecule has 2 aromatic heterocycles. The van der Waals surface area contributed by atoms with E-state index in [9.17, 15) is 4.79 Å². The minimum Gasteiger partial charge on any atom is -0.296 e. The Bertz CT molecular complexity index is 431. The number of fused-ring (bicyclic) bond motifs is 1. The van der Waals surface area contributed by atoms with Gasteiger partial charge < -0.3 is 0 Å². The standard InChI is InChI=1S/C9H8N2O/c1-7-3-2-4-9-5-8(6-12)10-11(7)9/h2-6H,1H3. The van der Waals surface area contributed by atoms with Crippen LogP contribution in [0.2, 0.25) is 0 Å². The zero-order valence-corrected chi connectivity index (χ0v) is 6.69. The van der Waals surface area contributed by atoms with Gasteiger partial charge in [0.05, 0.1) is 5.52 Å². The fourth-order valence-electron chi connectivity index (χ4n) is 1.23. The highest BCUT2D eigenvalue weighted by molar-refractivity contribution is 5.74. The summed E-state index contributed by atoms with van der Waals surface area (Å²) < 4.78 is 1.75. The maximum absolute atomic E-state index is 10.4. The number of hydrogen-bond donors (Lipinski definition) is 0. The molecule has 0 aliphatic rings. The Morgan fingerprint density at radius 2 is 2.33 bits per heavy atom. The molecule has 0 N–H and O–H groups in total. The molecule has 2 rings (SSSR count). The van der Waals surface area contributed by atoms with Crippen molar-refractivity contribution >= 4 is 11.8 Å². The summed E-state index contributed by atoms with van der Waals surface area (Å²) in [4.78, 5) is 10.4. The summed E-state index contributed by atoms with van der Waals surface area (Å²) in [6, 6.07) is 7.59. The minimum atomic E-state index is 0.476. The highest BCUT2D eigenvalue weighted by Gasteiger charge is 2.00. The van der Waals surface area contributed by atoms with Crippen LogP contribution in [0.4, 0.5) is 0 Å². The van der Waals surface area contributed by atoms with Crippen LogP contribution in [0.15, 0.2) is 24.3 Å². The molecule has 0 fully saturated rings. The van der Waals surface area contributed by atoms with Crippen molar-refractivity contribution < 1.29 is 4.79 Å². The van der Waals surface area contributed by atoms with Crippen molar-refractivity contribution in [1.82, 2.24) is 9.61 Å². The van der Waals surface area contributed by atoms with Crippen LogP contribution < -0.4 is 0 Å². The first-order chi connectivity index (χ1) is 5.81. The lowest BCUT2D eigenvalue weighted by Gasteiger charge is -1.95. The van der Waals surface area contributed by atoms with Crippen molar-refractivity contribution in [1.29, 1.82) is 0 Å². The van der Waals surface area contributed by atoms with Gasteiger partial charge in [0.1, 0.15) is 5.69 Å². The predicted octanol–water partition coefficient (Wildman–Crippen LogP) is 1.46. The van der Waals surface area contributed by atoms with Crippen LogP contribution in [0.1, 0.15) is 16.2 Å². The number of nitrogens with zero attached hydrogens (tertiary/aromatic N) is 2. The van der Waals surface area contributed by atoms with Gasteiger partial charge in [-0.3, -0.25) is 4.79 Å². The summed E-state index contributed by atoms with van der Waals surface area (Å²) >= 11 is 0. The molecule has 0 bridgehead atoms. The molecule has 0 aliphatic heterocycles. The number of aromatic nitrogens is 2. The molecule has 3 nitrogen and oxygen atoms in total. The van der Waals surface area contributed by atoms with Gasteiger partial charge in [0.15, 0.2) is 6.29 Å². The molecule has 2 aromatic rings. The van der Waals surface area contributed by atoms with Crippen molar-refractivity contribution in [3.05, 3.63) is 35.7 Å². The average Bonchev–Trinajstić information content (AvgIpc) is 2.49. The zero-order chi connectivity index (χ0) is 8.55. The Hall–Kier alpha value is -1.64. The molecular weight excluding hydrogens is 152 g/mol.